The summed E-state index contributed by atoms with van der Waals surface area (Å²) in [4.78, 5) is 23.6. The molecule has 1 atom stereocenters. The maximum absolute atomic E-state index is 13.6. The van der Waals surface area contributed by atoms with Gasteiger partial charge in [-0.05, 0) is 30.5 Å². The summed E-state index contributed by atoms with van der Waals surface area (Å²) in [6.07, 6.45) is 0.512. The van der Waals surface area contributed by atoms with Crippen LogP contribution in [0.1, 0.15) is 20.3 Å². The SMILES string of the molecule is CNC(=O)C(CC(C)C)NC(=O)COc1ccc(Br)cc1F. The number of amides is 2. The van der Waals surface area contributed by atoms with Crippen LogP contribution in [-0.4, -0.2) is 31.5 Å². The molecule has 1 aromatic rings. The molecule has 22 heavy (non-hydrogen) atoms. The van der Waals surface area contributed by atoms with Crippen LogP contribution >= 0.6 is 15.9 Å². The number of hydrogen-bond donors (Lipinski definition) is 2. The van der Waals surface area contributed by atoms with Crippen molar-refractivity contribution in [1.29, 1.82) is 0 Å². The Kier molecular flexibility index (Phi) is 7.31. The lowest BCUT2D eigenvalue weighted by atomic mass is 10.0. The second kappa shape index (κ2) is 8.73. The molecule has 7 heteroatoms. The second-order valence-electron chi connectivity index (χ2n) is 5.23. The molecule has 0 radical (unpaired) electrons. The number of rotatable bonds is 7. The standard InChI is InChI=1S/C15H20BrFN2O3/c1-9(2)6-12(15(21)18-3)19-14(20)8-22-13-5-4-10(16)7-11(13)17/h4-5,7,9,12H,6,8H2,1-3H3,(H,18,21)(H,19,20). The molecule has 2 amide bonds. The van der Waals surface area contributed by atoms with Crippen LogP contribution in [0.15, 0.2) is 22.7 Å². The lowest BCUT2D eigenvalue weighted by Gasteiger charge is -2.19. The summed E-state index contributed by atoms with van der Waals surface area (Å²) in [7, 11) is 1.51. The highest BCUT2D eigenvalue weighted by atomic mass is 79.9. The summed E-state index contributed by atoms with van der Waals surface area (Å²) >= 11 is 3.14. The quantitative estimate of drug-likeness (QED) is 0.768. The van der Waals surface area contributed by atoms with Gasteiger partial charge in [-0.25, -0.2) is 4.39 Å². The molecule has 0 aliphatic rings. The molecule has 122 valence electrons. The summed E-state index contributed by atoms with van der Waals surface area (Å²) in [5.41, 5.74) is 0. The average molecular weight is 375 g/mol. The highest BCUT2D eigenvalue weighted by molar-refractivity contribution is 9.10. The molecule has 0 fully saturated rings. The molecule has 2 N–H and O–H groups in total. The zero-order valence-corrected chi connectivity index (χ0v) is 14.4. The van der Waals surface area contributed by atoms with Crippen LogP contribution in [-0.2, 0) is 9.59 Å². The Hall–Kier alpha value is -1.63. The zero-order chi connectivity index (χ0) is 16.7. The van der Waals surface area contributed by atoms with Crippen molar-refractivity contribution >= 4 is 27.7 Å². The molecule has 0 bridgehead atoms. The van der Waals surface area contributed by atoms with E-state index in [1.807, 2.05) is 13.8 Å². The Morgan fingerprint density at radius 2 is 2.05 bits per heavy atom. The van der Waals surface area contributed by atoms with E-state index in [4.69, 9.17) is 4.74 Å². The van der Waals surface area contributed by atoms with Crippen LogP contribution in [0, 0.1) is 11.7 Å². The highest BCUT2D eigenvalue weighted by Gasteiger charge is 2.21. The van der Waals surface area contributed by atoms with Crippen molar-refractivity contribution in [2.45, 2.75) is 26.3 Å². The van der Waals surface area contributed by atoms with Gasteiger partial charge < -0.3 is 15.4 Å². The molecule has 0 saturated carbocycles. The Bertz CT molecular complexity index is 538. The maximum Gasteiger partial charge on any atom is 0.258 e. The molecule has 0 aliphatic carbocycles. The van der Waals surface area contributed by atoms with Gasteiger partial charge in [0.1, 0.15) is 6.04 Å². The molecule has 0 aliphatic heterocycles. The van der Waals surface area contributed by atoms with Crippen LogP contribution in [0.4, 0.5) is 4.39 Å². The van der Waals surface area contributed by atoms with Crippen molar-refractivity contribution in [3.63, 3.8) is 0 Å². The third kappa shape index (κ3) is 6.01. The number of carbonyl (C=O) groups is 2. The van der Waals surface area contributed by atoms with Crippen LogP contribution in [0.3, 0.4) is 0 Å². The fourth-order valence-corrected chi connectivity index (χ4v) is 2.18. The van der Waals surface area contributed by atoms with E-state index in [2.05, 4.69) is 26.6 Å². The summed E-state index contributed by atoms with van der Waals surface area (Å²) in [5, 5.41) is 5.10. The summed E-state index contributed by atoms with van der Waals surface area (Å²) in [6, 6.07) is 3.66. The van der Waals surface area contributed by atoms with Gasteiger partial charge in [0.05, 0.1) is 0 Å². The molecule has 0 heterocycles. The lowest BCUT2D eigenvalue weighted by Crippen LogP contribution is -2.47. The van der Waals surface area contributed by atoms with Crippen molar-refractivity contribution < 1.29 is 18.7 Å². The number of benzene rings is 1. The van der Waals surface area contributed by atoms with Gasteiger partial charge >= 0.3 is 0 Å². The Labute approximate surface area is 137 Å². The van der Waals surface area contributed by atoms with Gasteiger partial charge in [-0.3, -0.25) is 9.59 Å². The summed E-state index contributed by atoms with van der Waals surface area (Å²) in [5.74, 6) is -1.08. The normalized spacial score (nSPS) is 11.9. The molecule has 1 aromatic carbocycles. The van der Waals surface area contributed by atoms with Crippen molar-refractivity contribution in [2.75, 3.05) is 13.7 Å². The molecule has 1 rings (SSSR count). The van der Waals surface area contributed by atoms with Gasteiger partial charge in [-0.15, -0.1) is 0 Å². The second-order valence-corrected chi connectivity index (χ2v) is 6.14. The van der Waals surface area contributed by atoms with Crippen molar-refractivity contribution in [2.24, 2.45) is 5.92 Å². The lowest BCUT2D eigenvalue weighted by molar-refractivity contribution is -0.130. The monoisotopic (exact) mass is 374 g/mol. The fraction of sp³-hybridized carbons (Fsp3) is 0.467. The first-order chi connectivity index (χ1) is 10.3. The van der Waals surface area contributed by atoms with E-state index in [0.717, 1.165) is 0 Å². The molecule has 5 nitrogen and oxygen atoms in total. The number of nitrogens with one attached hydrogen (secondary N) is 2. The Morgan fingerprint density at radius 1 is 1.36 bits per heavy atom. The van der Waals surface area contributed by atoms with Crippen LogP contribution < -0.4 is 15.4 Å². The third-order valence-corrected chi connectivity index (χ3v) is 3.35. The smallest absolute Gasteiger partial charge is 0.258 e. The molecule has 0 spiro atoms. The topological polar surface area (TPSA) is 67.4 Å². The minimum Gasteiger partial charge on any atom is -0.481 e. The van der Waals surface area contributed by atoms with E-state index < -0.39 is 17.8 Å². The van der Waals surface area contributed by atoms with Gasteiger partial charge in [0.15, 0.2) is 18.2 Å². The van der Waals surface area contributed by atoms with E-state index >= 15 is 0 Å². The van der Waals surface area contributed by atoms with Gasteiger partial charge in [0, 0.05) is 11.5 Å². The van der Waals surface area contributed by atoms with Crippen molar-refractivity contribution in [3.8, 4) is 5.75 Å². The van der Waals surface area contributed by atoms with Crippen LogP contribution in [0.25, 0.3) is 0 Å². The third-order valence-electron chi connectivity index (χ3n) is 2.86. The summed E-state index contributed by atoms with van der Waals surface area (Å²) < 4.78 is 19.3. The molecule has 1 unspecified atom stereocenters. The molecule has 0 aromatic heterocycles. The first-order valence-corrected chi connectivity index (χ1v) is 7.71. The van der Waals surface area contributed by atoms with E-state index in [0.29, 0.717) is 10.9 Å². The van der Waals surface area contributed by atoms with E-state index in [9.17, 15) is 14.0 Å². The number of likely N-dealkylation sites (N-methyl/N-ethyl adjacent to an activating group) is 1. The Morgan fingerprint density at radius 3 is 2.59 bits per heavy atom. The van der Waals surface area contributed by atoms with Gasteiger partial charge in [0.2, 0.25) is 5.91 Å². The minimum absolute atomic E-state index is 0.0151. The highest BCUT2D eigenvalue weighted by Crippen LogP contribution is 2.21. The fourth-order valence-electron chi connectivity index (χ4n) is 1.85. The number of hydrogen-bond acceptors (Lipinski definition) is 3. The first kappa shape index (κ1) is 18.4. The van der Waals surface area contributed by atoms with Crippen LogP contribution in [0.5, 0.6) is 5.75 Å². The van der Waals surface area contributed by atoms with E-state index in [1.54, 1.807) is 6.07 Å². The van der Waals surface area contributed by atoms with E-state index in [-0.39, 0.29) is 24.2 Å². The molecular weight excluding hydrogens is 355 g/mol. The van der Waals surface area contributed by atoms with Gasteiger partial charge in [-0.2, -0.15) is 0 Å². The minimum atomic E-state index is -0.629. The predicted octanol–water partition coefficient (Wildman–Crippen LogP) is 2.24. The molecular formula is C15H20BrFN2O3. The number of halogens is 2. The van der Waals surface area contributed by atoms with E-state index in [1.165, 1.54) is 19.2 Å². The number of carbonyl (C=O) groups excluding carboxylic acids is 2. The maximum atomic E-state index is 13.6. The first-order valence-electron chi connectivity index (χ1n) is 6.92. The summed E-state index contributed by atoms with van der Waals surface area (Å²) in [6.45, 7) is 3.55. The molecule has 0 saturated heterocycles. The largest absolute Gasteiger partial charge is 0.481 e. The number of ether oxygens (including phenoxy) is 1. The van der Waals surface area contributed by atoms with Gasteiger partial charge in [-0.1, -0.05) is 29.8 Å². The zero-order valence-electron chi connectivity index (χ0n) is 12.8. The van der Waals surface area contributed by atoms with Crippen molar-refractivity contribution in [3.05, 3.63) is 28.5 Å². The van der Waals surface area contributed by atoms with Gasteiger partial charge in [0.25, 0.3) is 5.91 Å². The average Bonchev–Trinajstić information content (AvgIpc) is 2.44. The Balaban J connectivity index is 2.58. The van der Waals surface area contributed by atoms with Crippen molar-refractivity contribution in [1.82, 2.24) is 10.6 Å². The van der Waals surface area contributed by atoms with Crippen LogP contribution in [0.2, 0.25) is 0 Å². The predicted molar refractivity (Wildman–Crippen MR) is 85.0 cm³/mol.